The molecule has 0 radical (unpaired) electrons. The Hall–Kier alpha value is -2.33. The Kier molecular flexibility index (Phi) is 4.11. The van der Waals surface area contributed by atoms with Crippen LogP contribution in [0.25, 0.3) is 11.0 Å². The Morgan fingerprint density at radius 3 is 2.91 bits per heavy atom. The first kappa shape index (κ1) is 14.6. The lowest BCUT2D eigenvalue weighted by molar-refractivity contribution is -0.116. The summed E-state index contributed by atoms with van der Waals surface area (Å²) in [6.45, 7) is 2.54. The second kappa shape index (κ2) is 6.20. The molecular formula is C17H16ClN3O. The number of imidazole rings is 1. The molecule has 0 unspecified atom stereocenters. The van der Waals surface area contributed by atoms with E-state index < -0.39 is 0 Å². The molecule has 0 saturated heterocycles. The number of para-hydroxylation sites is 2. The summed E-state index contributed by atoms with van der Waals surface area (Å²) in [5.74, 6) is -0.0662. The number of anilines is 1. The second-order valence-corrected chi connectivity index (χ2v) is 5.62. The van der Waals surface area contributed by atoms with Gasteiger partial charge in [-0.3, -0.25) is 4.79 Å². The topological polar surface area (TPSA) is 46.9 Å². The van der Waals surface area contributed by atoms with Crippen LogP contribution in [0.15, 0.2) is 48.8 Å². The van der Waals surface area contributed by atoms with Gasteiger partial charge in [0.1, 0.15) is 0 Å². The van der Waals surface area contributed by atoms with Crippen LogP contribution in [0.4, 0.5) is 5.69 Å². The summed E-state index contributed by atoms with van der Waals surface area (Å²) in [7, 11) is 0. The molecular weight excluding hydrogens is 298 g/mol. The van der Waals surface area contributed by atoms with Gasteiger partial charge >= 0.3 is 0 Å². The van der Waals surface area contributed by atoms with E-state index in [1.807, 2.05) is 54.0 Å². The number of carbonyl (C=O) groups is 1. The van der Waals surface area contributed by atoms with Crippen LogP contribution in [-0.2, 0) is 11.3 Å². The molecule has 0 aliphatic carbocycles. The lowest BCUT2D eigenvalue weighted by atomic mass is 10.2. The number of fused-ring (bicyclic) bond motifs is 1. The number of carbonyl (C=O) groups excluding carboxylic acids is 1. The standard InChI is InChI=1S/C17H16ClN3O/c1-12-6-7-14(13(18)10-12)20-17(22)8-9-21-11-19-15-4-2-3-5-16(15)21/h2-7,10-11H,8-9H2,1H3,(H,20,22). The molecule has 0 fully saturated rings. The zero-order valence-electron chi connectivity index (χ0n) is 12.2. The highest BCUT2D eigenvalue weighted by atomic mass is 35.5. The van der Waals surface area contributed by atoms with E-state index >= 15 is 0 Å². The summed E-state index contributed by atoms with van der Waals surface area (Å²) in [6, 6.07) is 13.4. The number of nitrogens with zero attached hydrogens (tertiary/aromatic N) is 2. The minimum Gasteiger partial charge on any atom is -0.330 e. The van der Waals surface area contributed by atoms with Gasteiger partial charge in [-0.25, -0.2) is 4.98 Å². The van der Waals surface area contributed by atoms with Crippen molar-refractivity contribution in [1.82, 2.24) is 9.55 Å². The third kappa shape index (κ3) is 3.12. The van der Waals surface area contributed by atoms with Gasteiger partial charge in [0, 0.05) is 13.0 Å². The third-order valence-electron chi connectivity index (χ3n) is 3.51. The Labute approximate surface area is 133 Å². The van der Waals surface area contributed by atoms with E-state index in [1.54, 1.807) is 6.33 Å². The molecule has 4 nitrogen and oxygen atoms in total. The van der Waals surface area contributed by atoms with Gasteiger partial charge in [0.15, 0.2) is 0 Å². The number of aryl methyl sites for hydroxylation is 2. The van der Waals surface area contributed by atoms with Crippen molar-refractivity contribution in [2.45, 2.75) is 19.9 Å². The molecule has 2 aromatic carbocycles. The van der Waals surface area contributed by atoms with Crippen molar-refractivity contribution >= 4 is 34.2 Å². The van der Waals surface area contributed by atoms with E-state index in [4.69, 9.17) is 11.6 Å². The molecule has 0 aliphatic rings. The summed E-state index contributed by atoms with van der Waals surface area (Å²) < 4.78 is 1.98. The molecule has 0 saturated carbocycles. The molecule has 1 aromatic heterocycles. The van der Waals surface area contributed by atoms with Crippen molar-refractivity contribution < 1.29 is 4.79 Å². The summed E-state index contributed by atoms with van der Waals surface area (Å²) >= 11 is 6.12. The molecule has 112 valence electrons. The maximum Gasteiger partial charge on any atom is 0.226 e. The van der Waals surface area contributed by atoms with Crippen molar-refractivity contribution in [1.29, 1.82) is 0 Å². The van der Waals surface area contributed by atoms with Gasteiger partial charge in [0.05, 0.1) is 28.1 Å². The molecule has 3 aromatic rings. The first-order valence-corrected chi connectivity index (χ1v) is 7.47. The van der Waals surface area contributed by atoms with E-state index in [9.17, 15) is 4.79 Å². The molecule has 1 heterocycles. The van der Waals surface area contributed by atoms with Gasteiger partial charge in [-0.1, -0.05) is 29.8 Å². The molecule has 1 amide bonds. The number of aromatic nitrogens is 2. The third-order valence-corrected chi connectivity index (χ3v) is 3.82. The van der Waals surface area contributed by atoms with Gasteiger partial charge in [-0.15, -0.1) is 0 Å². The first-order valence-electron chi connectivity index (χ1n) is 7.09. The highest BCUT2D eigenvalue weighted by molar-refractivity contribution is 6.33. The second-order valence-electron chi connectivity index (χ2n) is 5.21. The van der Waals surface area contributed by atoms with Crippen LogP contribution in [0, 0.1) is 6.92 Å². The van der Waals surface area contributed by atoms with Gasteiger partial charge in [-0.05, 0) is 36.8 Å². The maximum atomic E-state index is 12.1. The molecule has 22 heavy (non-hydrogen) atoms. The van der Waals surface area contributed by atoms with Gasteiger partial charge in [0.2, 0.25) is 5.91 Å². The lowest BCUT2D eigenvalue weighted by Gasteiger charge is -2.08. The average molecular weight is 314 g/mol. The van der Waals surface area contributed by atoms with Gasteiger partial charge < -0.3 is 9.88 Å². The first-order chi connectivity index (χ1) is 10.6. The minimum absolute atomic E-state index is 0.0662. The molecule has 0 aliphatic heterocycles. The van der Waals surface area contributed by atoms with Crippen molar-refractivity contribution in [2.75, 3.05) is 5.32 Å². The van der Waals surface area contributed by atoms with Crippen LogP contribution in [0.5, 0.6) is 0 Å². The predicted molar refractivity (Wildman–Crippen MR) is 89.2 cm³/mol. The SMILES string of the molecule is Cc1ccc(NC(=O)CCn2cnc3ccccc32)c(Cl)c1. The number of hydrogen-bond donors (Lipinski definition) is 1. The Morgan fingerprint density at radius 2 is 2.09 bits per heavy atom. The van der Waals surface area contributed by atoms with Gasteiger partial charge in [0.25, 0.3) is 0 Å². The number of nitrogens with one attached hydrogen (secondary N) is 1. The Balaban J connectivity index is 1.65. The molecule has 5 heteroatoms. The highest BCUT2D eigenvalue weighted by Gasteiger charge is 2.08. The van der Waals surface area contributed by atoms with Crippen molar-refractivity contribution in [3.05, 3.63) is 59.4 Å². The Morgan fingerprint density at radius 1 is 1.27 bits per heavy atom. The normalized spacial score (nSPS) is 10.8. The summed E-state index contributed by atoms with van der Waals surface area (Å²) in [5.41, 5.74) is 3.67. The van der Waals surface area contributed by atoms with Crippen LogP contribution >= 0.6 is 11.6 Å². The summed E-state index contributed by atoms with van der Waals surface area (Å²) in [5, 5.41) is 3.40. The fourth-order valence-corrected chi connectivity index (χ4v) is 2.63. The largest absolute Gasteiger partial charge is 0.330 e. The zero-order valence-corrected chi connectivity index (χ0v) is 13.0. The van der Waals surface area contributed by atoms with Crippen LogP contribution in [0.1, 0.15) is 12.0 Å². The Bertz CT molecular complexity index is 826. The van der Waals surface area contributed by atoms with Crippen LogP contribution in [0.2, 0.25) is 5.02 Å². The quantitative estimate of drug-likeness (QED) is 0.790. The van der Waals surface area contributed by atoms with Crippen LogP contribution < -0.4 is 5.32 Å². The molecule has 0 atom stereocenters. The number of benzene rings is 2. The minimum atomic E-state index is -0.0662. The number of hydrogen-bond acceptors (Lipinski definition) is 2. The predicted octanol–water partition coefficient (Wildman–Crippen LogP) is 4.03. The lowest BCUT2D eigenvalue weighted by Crippen LogP contribution is -2.14. The molecule has 0 bridgehead atoms. The van der Waals surface area contributed by atoms with E-state index in [0.717, 1.165) is 16.6 Å². The maximum absolute atomic E-state index is 12.1. The number of rotatable bonds is 4. The van der Waals surface area contributed by atoms with Crippen molar-refractivity contribution in [2.24, 2.45) is 0 Å². The summed E-state index contributed by atoms with van der Waals surface area (Å²) in [4.78, 5) is 16.4. The molecule has 1 N–H and O–H groups in total. The molecule has 0 spiro atoms. The summed E-state index contributed by atoms with van der Waals surface area (Å²) in [6.07, 6.45) is 2.13. The van der Waals surface area contributed by atoms with E-state index in [2.05, 4.69) is 10.3 Å². The average Bonchev–Trinajstić information content (AvgIpc) is 2.91. The van der Waals surface area contributed by atoms with Crippen LogP contribution in [0.3, 0.4) is 0 Å². The zero-order chi connectivity index (χ0) is 15.5. The van der Waals surface area contributed by atoms with Gasteiger partial charge in [-0.2, -0.15) is 0 Å². The van der Waals surface area contributed by atoms with E-state index in [0.29, 0.717) is 23.7 Å². The highest BCUT2D eigenvalue weighted by Crippen LogP contribution is 2.23. The number of halogens is 1. The molecule has 3 rings (SSSR count). The number of amides is 1. The monoisotopic (exact) mass is 313 g/mol. The van der Waals surface area contributed by atoms with Crippen LogP contribution in [-0.4, -0.2) is 15.5 Å². The fraction of sp³-hybridized carbons (Fsp3) is 0.176. The fourth-order valence-electron chi connectivity index (χ4n) is 2.34. The van der Waals surface area contributed by atoms with Crippen molar-refractivity contribution in [3.8, 4) is 0 Å². The van der Waals surface area contributed by atoms with E-state index in [-0.39, 0.29) is 5.91 Å². The smallest absolute Gasteiger partial charge is 0.226 e. The van der Waals surface area contributed by atoms with Crippen molar-refractivity contribution in [3.63, 3.8) is 0 Å². The van der Waals surface area contributed by atoms with E-state index in [1.165, 1.54) is 0 Å².